The van der Waals surface area contributed by atoms with Gasteiger partial charge in [0.2, 0.25) is 0 Å². The Morgan fingerprint density at radius 3 is 2.65 bits per heavy atom. The number of benzene rings is 1. The molecule has 1 aromatic heterocycles. The average molecular weight is 271 g/mol. The van der Waals surface area contributed by atoms with E-state index in [0.717, 1.165) is 43.9 Å². The summed E-state index contributed by atoms with van der Waals surface area (Å²) in [5.41, 5.74) is 3.52. The molecule has 0 atom stereocenters. The molecule has 20 heavy (non-hydrogen) atoms. The van der Waals surface area contributed by atoms with Gasteiger partial charge in [0.1, 0.15) is 0 Å². The number of nitrogens with one attached hydrogen (secondary N) is 1. The molecule has 2 aromatic rings. The van der Waals surface area contributed by atoms with Gasteiger partial charge in [-0.15, -0.1) is 0 Å². The van der Waals surface area contributed by atoms with Crippen molar-refractivity contribution in [2.45, 2.75) is 27.3 Å². The Hall–Kier alpha value is -1.45. The first-order valence-corrected chi connectivity index (χ1v) is 7.53. The maximum Gasteiger partial charge on any atom is 0.0708 e. The van der Waals surface area contributed by atoms with Crippen molar-refractivity contribution < 1.29 is 0 Å². The molecule has 3 heteroatoms. The van der Waals surface area contributed by atoms with Crippen molar-refractivity contribution in [3.63, 3.8) is 0 Å². The fourth-order valence-electron chi connectivity index (χ4n) is 2.54. The number of fused-ring (bicyclic) bond motifs is 1. The van der Waals surface area contributed by atoms with E-state index in [0.29, 0.717) is 0 Å². The molecule has 0 saturated heterocycles. The molecule has 0 saturated carbocycles. The summed E-state index contributed by atoms with van der Waals surface area (Å²) in [5.74, 6) is 0. The van der Waals surface area contributed by atoms with Crippen molar-refractivity contribution in [1.82, 2.24) is 15.2 Å². The number of rotatable bonds is 7. The second-order valence-electron chi connectivity index (χ2n) is 5.14. The van der Waals surface area contributed by atoms with Gasteiger partial charge in [0.15, 0.2) is 0 Å². The number of nitrogens with zero attached hydrogens (tertiary/aromatic N) is 2. The summed E-state index contributed by atoms with van der Waals surface area (Å²) in [7, 11) is 0. The van der Waals surface area contributed by atoms with Crippen molar-refractivity contribution in [2.75, 3.05) is 26.2 Å². The molecule has 0 bridgehead atoms. The van der Waals surface area contributed by atoms with E-state index in [2.05, 4.69) is 60.2 Å². The number of aromatic nitrogens is 1. The lowest BCUT2D eigenvalue weighted by atomic mass is 10.1. The van der Waals surface area contributed by atoms with Crippen LogP contribution in [0.2, 0.25) is 0 Å². The molecule has 108 valence electrons. The average Bonchev–Trinajstić information content (AvgIpc) is 2.47. The number of hydrogen-bond acceptors (Lipinski definition) is 3. The van der Waals surface area contributed by atoms with E-state index >= 15 is 0 Å². The lowest BCUT2D eigenvalue weighted by Crippen LogP contribution is -2.31. The minimum atomic E-state index is 0.908. The first-order chi connectivity index (χ1) is 9.74. The van der Waals surface area contributed by atoms with Crippen LogP contribution in [0.5, 0.6) is 0 Å². The number of pyridine rings is 1. The normalized spacial score (nSPS) is 11.4. The van der Waals surface area contributed by atoms with E-state index in [1.54, 1.807) is 0 Å². The van der Waals surface area contributed by atoms with Gasteiger partial charge in [-0.1, -0.05) is 32.0 Å². The highest BCUT2D eigenvalue weighted by Crippen LogP contribution is 2.17. The highest BCUT2D eigenvalue weighted by molar-refractivity contribution is 5.82. The highest BCUT2D eigenvalue weighted by atomic mass is 15.1. The summed E-state index contributed by atoms with van der Waals surface area (Å²) in [4.78, 5) is 7.02. The lowest BCUT2D eigenvalue weighted by molar-refractivity contribution is 0.302. The zero-order valence-electron chi connectivity index (χ0n) is 12.8. The molecule has 3 nitrogen and oxygen atoms in total. The maximum absolute atomic E-state index is 4.58. The Bertz CT molecular complexity index is 547. The van der Waals surface area contributed by atoms with Crippen LogP contribution in [0.3, 0.4) is 0 Å². The van der Waals surface area contributed by atoms with Crippen LogP contribution in [0.25, 0.3) is 10.9 Å². The van der Waals surface area contributed by atoms with Gasteiger partial charge in [-0.3, -0.25) is 4.98 Å². The molecule has 0 amide bonds. The van der Waals surface area contributed by atoms with Gasteiger partial charge in [-0.2, -0.15) is 0 Å². The molecular formula is C17H25N3. The standard InChI is InChI=1S/C17H25N3/c1-4-20(5-2)11-10-18-13-15-12-14(3)19-17-9-7-6-8-16(15)17/h6-9,12,18H,4-5,10-11,13H2,1-3H3. The largest absolute Gasteiger partial charge is 0.311 e. The van der Waals surface area contributed by atoms with Crippen LogP contribution < -0.4 is 5.32 Å². The molecule has 0 unspecified atom stereocenters. The van der Waals surface area contributed by atoms with E-state index in [4.69, 9.17) is 0 Å². The van der Waals surface area contributed by atoms with Gasteiger partial charge in [-0.25, -0.2) is 0 Å². The van der Waals surface area contributed by atoms with Crippen molar-refractivity contribution in [3.8, 4) is 0 Å². The number of likely N-dealkylation sites (N-methyl/N-ethyl adjacent to an activating group) is 1. The molecule has 0 fully saturated rings. The van der Waals surface area contributed by atoms with E-state index < -0.39 is 0 Å². The predicted octanol–water partition coefficient (Wildman–Crippen LogP) is 2.97. The lowest BCUT2D eigenvalue weighted by Gasteiger charge is -2.18. The Morgan fingerprint density at radius 2 is 1.90 bits per heavy atom. The maximum atomic E-state index is 4.58. The second kappa shape index (κ2) is 7.36. The Kier molecular flexibility index (Phi) is 5.50. The van der Waals surface area contributed by atoms with Crippen LogP contribution in [0.15, 0.2) is 30.3 Å². The molecule has 2 rings (SSSR count). The smallest absolute Gasteiger partial charge is 0.0708 e. The minimum Gasteiger partial charge on any atom is -0.311 e. The Labute approximate surface area is 122 Å². The number of aryl methyl sites for hydroxylation is 1. The summed E-state index contributed by atoms with van der Waals surface area (Å²) < 4.78 is 0. The SMILES string of the molecule is CCN(CC)CCNCc1cc(C)nc2ccccc12. The van der Waals surface area contributed by atoms with Crippen LogP contribution in [0, 0.1) is 6.92 Å². The molecule has 0 aliphatic carbocycles. The third-order valence-corrected chi connectivity index (χ3v) is 3.74. The van der Waals surface area contributed by atoms with Crippen molar-refractivity contribution in [3.05, 3.63) is 41.6 Å². The monoisotopic (exact) mass is 271 g/mol. The van der Waals surface area contributed by atoms with Gasteiger partial charge in [0, 0.05) is 30.7 Å². The third-order valence-electron chi connectivity index (χ3n) is 3.74. The second-order valence-corrected chi connectivity index (χ2v) is 5.14. The molecule has 0 aliphatic rings. The summed E-state index contributed by atoms with van der Waals surface area (Å²) >= 11 is 0. The van der Waals surface area contributed by atoms with E-state index in [1.807, 2.05) is 6.07 Å². The summed E-state index contributed by atoms with van der Waals surface area (Å²) in [6.45, 7) is 11.8. The molecule has 0 radical (unpaired) electrons. The summed E-state index contributed by atoms with van der Waals surface area (Å²) in [5, 5.41) is 4.81. The Morgan fingerprint density at radius 1 is 1.15 bits per heavy atom. The van der Waals surface area contributed by atoms with Crippen molar-refractivity contribution in [1.29, 1.82) is 0 Å². The predicted molar refractivity (Wildman–Crippen MR) is 86.0 cm³/mol. The van der Waals surface area contributed by atoms with Crippen LogP contribution in [0.1, 0.15) is 25.1 Å². The summed E-state index contributed by atoms with van der Waals surface area (Å²) in [6.07, 6.45) is 0. The quantitative estimate of drug-likeness (QED) is 0.785. The number of para-hydroxylation sites is 1. The minimum absolute atomic E-state index is 0.908. The van der Waals surface area contributed by atoms with Gasteiger partial charge in [0.05, 0.1) is 5.52 Å². The van der Waals surface area contributed by atoms with Gasteiger partial charge in [0.25, 0.3) is 0 Å². The third kappa shape index (κ3) is 3.78. The zero-order valence-corrected chi connectivity index (χ0v) is 12.8. The number of hydrogen-bond donors (Lipinski definition) is 1. The van der Waals surface area contributed by atoms with Crippen LogP contribution in [0.4, 0.5) is 0 Å². The van der Waals surface area contributed by atoms with Crippen LogP contribution in [-0.4, -0.2) is 36.1 Å². The molecule has 1 N–H and O–H groups in total. The van der Waals surface area contributed by atoms with Gasteiger partial charge in [-0.05, 0) is 37.7 Å². The van der Waals surface area contributed by atoms with Crippen molar-refractivity contribution >= 4 is 10.9 Å². The fraction of sp³-hybridized carbons (Fsp3) is 0.471. The Balaban J connectivity index is 1.99. The first kappa shape index (κ1) is 14.9. The highest BCUT2D eigenvalue weighted by Gasteiger charge is 2.03. The molecular weight excluding hydrogens is 246 g/mol. The van der Waals surface area contributed by atoms with Crippen LogP contribution in [-0.2, 0) is 6.54 Å². The van der Waals surface area contributed by atoms with Gasteiger partial charge >= 0.3 is 0 Å². The van der Waals surface area contributed by atoms with E-state index in [9.17, 15) is 0 Å². The van der Waals surface area contributed by atoms with Crippen molar-refractivity contribution in [2.24, 2.45) is 0 Å². The molecule has 0 spiro atoms. The van der Waals surface area contributed by atoms with Crippen LogP contribution >= 0.6 is 0 Å². The first-order valence-electron chi connectivity index (χ1n) is 7.53. The zero-order chi connectivity index (χ0) is 14.4. The topological polar surface area (TPSA) is 28.2 Å². The van der Waals surface area contributed by atoms with E-state index in [1.165, 1.54) is 10.9 Å². The molecule has 0 aliphatic heterocycles. The van der Waals surface area contributed by atoms with Gasteiger partial charge < -0.3 is 10.2 Å². The van der Waals surface area contributed by atoms with E-state index in [-0.39, 0.29) is 0 Å². The molecule has 1 aromatic carbocycles. The summed E-state index contributed by atoms with van der Waals surface area (Å²) in [6, 6.07) is 10.6. The molecule has 1 heterocycles. The fourth-order valence-corrected chi connectivity index (χ4v) is 2.54.